The van der Waals surface area contributed by atoms with Gasteiger partial charge in [0.25, 0.3) is 0 Å². The summed E-state index contributed by atoms with van der Waals surface area (Å²) >= 11 is 5.19. The zero-order valence-electron chi connectivity index (χ0n) is 8.74. The van der Waals surface area contributed by atoms with E-state index >= 15 is 0 Å². The molecule has 0 fully saturated rings. The molecule has 1 aromatic heterocycles. The molecule has 3 heteroatoms. The zero-order chi connectivity index (χ0) is 10.8. The lowest BCUT2D eigenvalue weighted by atomic mass is 10.0. The molecule has 2 nitrogen and oxygen atoms in total. The first-order valence-electron chi connectivity index (χ1n) is 4.80. The van der Waals surface area contributed by atoms with Gasteiger partial charge in [0.2, 0.25) is 0 Å². The van der Waals surface area contributed by atoms with Crippen molar-refractivity contribution in [2.45, 2.75) is 13.8 Å². The minimum Gasteiger partial charge on any atom is -0.350 e. The van der Waals surface area contributed by atoms with Crippen LogP contribution in [-0.4, -0.2) is 9.97 Å². The standard InChI is InChI=1S/C12H12N2S/c1-8-3-4-10(7-9(8)2)11-12(15)14-6-5-13-11/h3-7H,1-2H3,(H,14,15). The number of hydrogen-bond donors (Lipinski definition) is 1. The van der Waals surface area contributed by atoms with Crippen LogP contribution in [0.2, 0.25) is 0 Å². The summed E-state index contributed by atoms with van der Waals surface area (Å²) in [6.45, 7) is 4.19. The van der Waals surface area contributed by atoms with Gasteiger partial charge < -0.3 is 4.98 Å². The smallest absolute Gasteiger partial charge is 0.129 e. The molecule has 0 saturated carbocycles. The maximum absolute atomic E-state index is 5.19. The van der Waals surface area contributed by atoms with Gasteiger partial charge in [-0.1, -0.05) is 24.4 Å². The fourth-order valence-corrected chi connectivity index (χ4v) is 1.68. The fraction of sp³-hybridized carbons (Fsp3) is 0.167. The first-order chi connectivity index (χ1) is 7.18. The van der Waals surface area contributed by atoms with Gasteiger partial charge in [0.1, 0.15) is 10.3 Å². The highest BCUT2D eigenvalue weighted by Gasteiger charge is 2.02. The molecule has 0 bridgehead atoms. The molecule has 0 aliphatic heterocycles. The lowest BCUT2D eigenvalue weighted by molar-refractivity contribution is 1.18. The summed E-state index contributed by atoms with van der Waals surface area (Å²) < 4.78 is 0.681. The van der Waals surface area contributed by atoms with E-state index in [4.69, 9.17) is 12.2 Å². The van der Waals surface area contributed by atoms with Crippen molar-refractivity contribution in [2.75, 3.05) is 0 Å². The third-order valence-corrected chi connectivity index (χ3v) is 2.80. The Hall–Kier alpha value is -1.48. The second kappa shape index (κ2) is 3.95. The Balaban J connectivity index is 2.60. The van der Waals surface area contributed by atoms with Crippen LogP contribution in [0.15, 0.2) is 30.6 Å². The Morgan fingerprint density at radius 3 is 2.67 bits per heavy atom. The highest BCUT2D eigenvalue weighted by Crippen LogP contribution is 2.20. The number of benzene rings is 1. The maximum Gasteiger partial charge on any atom is 0.129 e. The average Bonchev–Trinajstić information content (AvgIpc) is 2.23. The minimum atomic E-state index is 0.681. The van der Waals surface area contributed by atoms with E-state index in [1.807, 2.05) is 6.07 Å². The van der Waals surface area contributed by atoms with Crippen molar-refractivity contribution in [3.63, 3.8) is 0 Å². The topological polar surface area (TPSA) is 28.7 Å². The predicted molar refractivity (Wildman–Crippen MR) is 64.3 cm³/mol. The lowest BCUT2D eigenvalue weighted by Crippen LogP contribution is -1.88. The third-order valence-electron chi connectivity index (χ3n) is 2.49. The van der Waals surface area contributed by atoms with Crippen LogP contribution in [0, 0.1) is 18.5 Å². The Labute approximate surface area is 94.0 Å². The molecule has 0 saturated heterocycles. The zero-order valence-corrected chi connectivity index (χ0v) is 9.56. The maximum atomic E-state index is 5.19. The number of aryl methyl sites for hydroxylation is 2. The van der Waals surface area contributed by atoms with Crippen molar-refractivity contribution in [1.29, 1.82) is 0 Å². The van der Waals surface area contributed by atoms with Crippen LogP contribution in [0.1, 0.15) is 11.1 Å². The SMILES string of the molecule is Cc1ccc(-c2ncc[nH]c2=S)cc1C. The van der Waals surface area contributed by atoms with Crippen LogP contribution >= 0.6 is 12.2 Å². The van der Waals surface area contributed by atoms with Gasteiger partial charge in [-0.3, -0.25) is 4.98 Å². The van der Waals surface area contributed by atoms with Gasteiger partial charge in [0.15, 0.2) is 0 Å². The molecule has 0 unspecified atom stereocenters. The Morgan fingerprint density at radius 1 is 1.20 bits per heavy atom. The van der Waals surface area contributed by atoms with Gasteiger partial charge in [-0.05, 0) is 31.0 Å². The predicted octanol–water partition coefficient (Wildman–Crippen LogP) is 3.42. The largest absolute Gasteiger partial charge is 0.350 e. The molecule has 0 amide bonds. The van der Waals surface area contributed by atoms with E-state index < -0.39 is 0 Å². The highest BCUT2D eigenvalue weighted by molar-refractivity contribution is 7.71. The summed E-state index contributed by atoms with van der Waals surface area (Å²) in [5.41, 5.74) is 4.45. The summed E-state index contributed by atoms with van der Waals surface area (Å²) in [4.78, 5) is 7.27. The molecule has 2 aromatic rings. The van der Waals surface area contributed by atoms with Gasteiger partial charge in [-0.25, -0.2) is 0 Å². The molecule has 0 radical (unpaired) electrons. The number of hydrogen-bond acceptors (Lipinski definition) is 2. The Morgan fingerprint density at radius 2 is 2.00 bits per heavy atom. The summed E-state index contributed by atoms with van der Waals surface area (Å²) in [7, 11) is 0. The normalized spacial score (nSPS) is 10.3. The van der Waals surface area contributed by atoms with Gasteiger partial charge in [-0.15, -0.1) is 0 Å². The number of aromatic nitrogens is 2. The lowest BCUT2D eigenvalue weighted by Gasteiger charge is -2.04. The second-order valence-corrected chi connectivity index (χ2v) is 3.97. The molecule has 0 spiro atoms. The van der Waals surface area contributed by atoms with Crippen molar-refractivity contribution < 1.29 is 0 Å². The number of rotatable bonds is 1. The summed E-state index contributed by atoms with van der Waals surface area (Å²) in [5, 5.41) is 0. The minimum absolute atomic E-state index is 0.681. The van der Waals surface area contributed by atoms with E-state index in [2.05, 4.69) is 35.9 Å². The summed E-state index contributed by atoms with van der Waals surface area (Å²) in [6.07, 6.45) is 3.47. The molecular weight excluding hydrogens is 204 g/mol. The number of nitrogens with zero attached hydrogens (tertiary/aromatic N) is 1. The molecule has 15 heavy (non-hydrogen) atoms. The molecule has 0 aliphatic carbocycles. The van der Waals surface area contributed by atoms with E-state index in [1.165, 1.54) is 11.1 Å². The average molecular weight is 216 g/mol. The number of nitrogens with one attached hydrogen (secondary N) is 1. The van der Waals surface area contributed by atoms with E-state index in [0.717, 1.165) is 11.3 Å². The van der Waals surface area contributed by atoms with Crippen LogP contribution in [0.25, 0.3) is 11.3 Å². The van der Waals surface area contributed by atoms with Crippen molar-refractivity contribution in [2.24, 2.45) is 0 Å². The molecule has 1 N–H and O–H groups in total. The molecular formula is C12H12N2S. The van der Waals surface area contributed by atoms with Crippen molar-refractivity contribution in [1.82, 2.24) is 9.97 Å². The number of H-pyrrole nitrogens is 1. The van der Waals surface area contributed by atoms with Crippen molar-refractivity contribution in [3.05, 3.63) is 46.4 Å². The van der Waals surface area contributed by atoms with Gasteiger partial charge in [0, 0.05) is 18.0 Å². The van der Waals surface area contributed by atoms with Crippen LogP contribution in [0.5, 0.6) is 0 Å². The first kappa shape index (κ1) is 10.1. The highest BCUT2D eigenvalue weighted by atomic mass is 32.1. The van der Waals surface area contributed by atoms with Crippen molar-refractivity contribution >= 4 is 12.2 Å². The van der Waals surface area contributed by atoms with Crippen LogP contribution < -0.4 is 0 Å². The van der Waals surface area contributed by atoms with Crippen LogP contribution in [0.3, 0.4) is 0 Å². The molecule has 2 rings (SSSR count). The molecule has 76 valence electrons. The van der Waals surface area contributed by atoms with E-state index in [9.17, 15) is 0 Å². The van der Waals surface area contributed by atoms with Gasteiger partial charge >= 0.3 is 0 Å². The monoisotopic (exact) mass is 216 g/mol. The van der Waals surface area contributed by atoms with E-state index in [1.54, 1.807) is 12.4 Å². The van der Waals surface area contributed by atoms with Crippen molar-refractivity contribution in [3.8, 4) is 11.3 Å². The number of aromatic amines is 1. The van der Waals surface area contributed by atoms with E-state index in [0.29, 0.717) is 4.64 Å². The van der Waals surface area contributed by atoms with Gasteiger partial charge in [0.05, 0.1) is 0 Å². The fourth-order valence-electron chi connectivity index (χ4n) is 1.45. The van der Waals surface area contributed by atoms with Gasteiger partial charge in [-0.2, -0.15) is 0 Å². The third kappa shape index (κ3) is 1.97. The molecule has 0 atom stereocenters. The van der Waals surface area contributed by atoms with Crippen LogP contribution in [-0.2, 0) is 0 Å². The van der Waals surface area contributed by atoms with Crippen LogP contribution in [0.4, 0.5) is 0 Å². The quantitative estimate of drug-likeness (QED) is 0.740. The molecule has 1 aromatic carbocycles. The Bertz CT molecular complexity index is 543. The molecule has 0 aliphatic rings. The summed E-state index contributed by atoms with van der Waals surface area (Å²) in [5.74, 6) is 0. The van der Waals surface area contributed by atoms with E-state index in [-0.39, 0.29) is 0 Å². The molecule has 1 heterocycles. The second-order valence-electron chi connectivity index (χ2n) is 3.57. The summed E-state index contributed by atoms with van der Waals surface area (Å²) in [6, 6.07) is 6.25. The first-order valence-corrected chi connectivity index (χ1v) is 5.20. The Kier molecular flexibility index (Phi) is 2.64.